The van der Waals surface area contributed by atoms with Gasteiger partial charge in [-0.2, -0.15) is 5.10 Å². The summed E-state index contributed by atoms with van der Waals surface area (Å²) < 4.78 is 13.1. The van der Waals surface area contributed by atoms with E-state index in [9.17, 15) is 9.18 Å². The predicted molar refractivity (Wildman–Crippen MR) is 107 cm³/mol. The van der Waals surface area contributed by atoms with Crippen molar-refractivity contribution in [2.24, 2.45) is 0 Å². The average Bonchev–Trinajstić information content (AvgIpc) is 3.15. The van der Waals surface area contributed by atoms with Gasteiger partial charge < -0.3 is 9.80 Å². The minimum atomic E-state index is -0.285. The molecule has 1 amide bonds. The van der Waals surface area contributed by atoms with Crippen LogP contribution in [0.2, 0.25) is 0 Å². The Kier molecular flexibility index (Phi) is 5.46. The van der Waals surface area contributed by atoms with Crippen LogP contribution >= 0.6 is 0 Å². The van der Waals surface area contributed by atoms with Gasteiger partial charge in [0, 0.05) is 30.7 Å². The molecule has 0 spiro atoms. The zero-order valence-electron chi connectivity index (χ0n) is 16.6. The molecule has 2 fully saturated rings. The van der Waals surface area contributed by atoms with Gasteiger partial charge in [0.25, 0.3) is 5.91 Å². The standard InChI is InChI=1S/C21H28FN5O/c1-3-27(17-8-10-25(2)11-9-17)18-13-26(14-18)21(28)20-12-19(23-24-20)15-4-6-16(22)7-5-15/h4-7,12,17-18H,3,8-11,13-14H2,1-2H3,(H,23,24). The van der Waals surface area contributed by atoms with Gasteiger partial charge in [0.05, 0.1) is 5.69 Å². The van der Waals surface area contributed by atoms with Crippen molar-refractivity contribution in [1.29, 1.82) is 0 Å². The molecule has 1 N–H and O–H groups in total. The summed E-state index contributed by atoms with van der Waals surface area (Å²) >= 11 is 0. The zero-order chi connectivity index (χ0) is 19.7. The van der Waals surface area contributed by atoms with Gasteiger partial charge in [0.15, 0.2) is 0 Å². The fraction of sp³-hybridized carbons (Fsp3) is 0.524. The topological polar surface area (TPSA) is 55.5 Å². The Balaban J connectivity index is 1.35. The van der Waals surface area contributed by atoms with Crippen molar-refractivity contribution in [2.75, 3.05) is 39.8 Å². The second-order valence-corrected chi connectivity index (χ2v) is 7.90. The minimum absolute atomic E-state index is 0.0171. The van der Waals surface area contributed by atoms with Crippen molar-refractivity contribution in [2.45, 2.75) is 31.8 Å². The van der Waals surface area contributed by atoms with Crippen LogP contribution in [0.5, 0.6) is 0 Å². The number of nitrogens with zero attached hydrogens (tertiary/aromatic N) is 4. The van der Waals surface area contributed by atoms with Gasteiger partial charge in [0.1, 0.15) is 11.5 Å². The van der Waals surface area contributed by atoms with Crippen LogP contribution in [-0.4, -0.2) is 82.7 Å². The zero-order valence-corrected chi connectivity index (χ0v) is 16.6. The van der Waals surface area contributed by atoms with Crippen LogP contribution < -0.4 is 0 Å². The predicted octanol–water partition coefficient (Wildman–Crippen LogP) is 2.46. The molecule has 2 aliphatic heterocycles. The van der Waals surface area contributed by atoms with Gasteiger partial charge >= 0.3 is 0 Å². The first kappa shape index (κ1) is 19.1. The van der Waals surface area contributed by atoms with Gasteiger partial charge in [-0.3, -0.25) is 14.8 Å². The number of nitrogens with one attached hydrogen (secondary N) is 1. The molecule has 2 aromatic rings. The number of H-pyrrole nitrogens is 1. The van der Waals surface area contributed by atoms with Crippen molar-refractivity contribution >= 4 is 5.91 Å². The number of amides is 1. The van der Waals surface area contributed by atoms with E-state index in [-0.39, 0.29) is 11.7 Å². The number of halogens is 1. The largest absolute Gasteiger partial charge is 0.334 e. The summed E-state index contributed by atoms with van der Waals surface area (Å²) in [5, 5.41) is 7.06. The maximum absolute atomic E-state index is 13.1. The van der Waals surface area contributed by atoms with Crippen LogP contribution in [0.3, 0.4) is 0 Å². The number of hydrogen-bond donors (Lipinski definition) is 1. The number of aromatic amines is 1. The number of carbonyl (C=O) groups is 1. The molecule has 6 nitrogen and oxygen atoms in total. The SMILES string of the molecule is CCN(C1CCN(C)CC1)C1CN(C(=O)c2cc(-c3ccc(F)cc3)n[nH]2)C1. The Morgan fingerprint density at radius 2 is 1.89 bits per heavy atom. The van der Waals surface area contributed by atoms with E-state index in [1.54, 1.807) is 18.2 Å². The van der Waals surface area contributed by atoms with Crippen LogP contribution in [0.25, 0.3) is 11.3 Å². The summed E-state index contributed by atoms with van der Waals surface area (Å²) in [6.07, 6.45) is 2.41. The van der Waals surface area contributed by atoms with Crippen molar-refractivity contribution in [1.82, 2.24) is 24.9 Å². The van der Waals surface area contributed by atoms with Crippen LogP contribution in [0, 0.1) is 5.82 Å². The summed E-state index contributed by atoms with van der Waals surface area (Å²) in [4.78, 5) is 19.6. The van der Waals surface area contributed by atoms with Crippen LogP contribution in [0.1, 0.15) is 30.3 Å². The first-order valence-corrected chi connectivity index (χ1v) is 10.1. The van der Waals surface area contributed by atoms with E-state index in [1.807, 2.05) is 4.90 Å². The van der Waals surface area contributed by atoms with E-state index >= 15 is 0 Å². The quantitative estimate of drug-likeness (QED) is 0.859. The summed E-state index contributed by atoms with van der Waals surface area (Å²) in [7, 11) is 2.18. The lowest BCUT2D eigenvalue weighted by Crippen LogP contribution is -2.63. The normalized spacial score (nSPS) is 19.2. The minimum Gasteiger partial charge on any atom is -0.334 e. The number of likely N-dealkylation sites (N-methyl/N-ethyl adjacent to an activating group) is 1. The highest BCUT2D eigenvalue weighted by Crippen LogP contribution is 2.25. The molecular formula is C21H28FN5O. The monoisotopic (exact) mass is 385 g/mol. The highest BCUT2D eigenvalue weighted by atomic mass is 19.1. The Morgan fingerprint density at radius 3 is 2.54 bits per heavy atom. The van der Waals surface area contributed by atoms with Crippen LogP contribution in [0.15, 0.2) is 30.3 Å². The Bertz CT molecular complexity index is 806. The molecule has 4 rings (SSSR count). The number of hydrogen-bond acceptors (Lipinski definition) is 4. The number of carbonyl (C=O) groups excluding carboxylic acids is 1. The number of piperidine rings is 1. The third-order valence-corrected chi connectivity index (χ3v) is 6.09. The second kappa shape index (κ2) is 8.01. The average molecular weight is 385 g/mol. The van der Waals surface area contributed by atoms with E-state index in [0.29, 0.717) is 23.5 Å². The van der Waals surface area contributed by atoms with Gasteiger partial charge in [-0.15, -0.1) is 0 Å². The van der Waals surface area contributed by atoms with Crippen molar-refractivity contribution in [3.63, 3.8) is 0 Å². The van der Waals surface area contributed by atoms with Crippen LogP contribution in [0.4, 0.5) is 4.39 Å². The van der Waals surface area contributed by atoms with E-state index in [2.05, 4.69) is 34.0 Å². The summed E-state index contributed by atoms with van der Waals surface area (Å²) in [5.74, 6) is -0.302. The van der Waals surface area contributed by atoms with Crippen molar-refractivity contribution < 1.29 is 9.18 Å². The fourth-order valence-electron chi connectivity index (χ4n) is 4.34. The molecule has 1 aromatic heterocycles. The smallest absolute Gasteiger partial charge is 0.271 e. The van der Waals surface area contributed by atoms with E-state index in [1.165, 1.54) is 25.0 Å². The third-order valence-electron chi connectivity index (χ3n) is 6.09. The number of benzene rings is 1. The number of likely N-dealkylation sites (tertiary alicyclic amines) is 2. The van der Waals surface area contributed by atoms with Gasteiger partial charge in [-0.05, 0) is 69.9 Å². The Labute approximate surface area is 165 Å². The van der Waals surface area contributed by atoms with Crippen molar-refractivity contribution in [3.05, 3.63) is 41.8 Å². The summed E-state index contributed by atoms with van der Waals surface area (Å²) in [5.41, 5.74) is 1.93. The molecule has 0 bridgehead atoms. The van der Waals surface area contributed by atoms with Gasteiger partial charge in [0.2, 0.25) is 0 Å². The molecule has 1 aromatic carbocycles. The maximum atomic E-state index is 13.1. The molecule has 2 saturated heterocycles. The lowest BCUT2D eigenvalue weighted by Gasteiger charge is -2.49. The van der Waals surface area contributed by atoms with Crippen LogP contribution in [-0.2, 0) is 0 Å². The molecule has 0 aliphatic carbocycles. The molecule has 3 heterocycles. The molecule has 28 heavy (non-hydrogen) atoms. The summed E-state index contributed by atoms with van der Waals surface area (Å²) in [6.45, 7) is 7.08. The molecule has 0 atom stereocenters. The Hall–Kier alpha value is -2.25. The fourth-order valence-corrected chi connectivity index (χ4v) is 4.34. The first-order chi connectivity index (χ1) is 13.5. The molecule has 7 heteroatoms. The molecular weight excluding hydrogens is 357 g/mol. The molecule has 2 aliphatic rings. The maximum Gasteiger partial charge on any atom is 0.271 e. The van der Waals surface area contributed by atoms with E-state index < -0.39 is 0 Å². The van der Waals surface area contributed by atoms with Crippen molar-refractivity contribution in [3.8, 4) is 11.3 Å². The first-order valence-electron chi connectivity index (χ1n) is 10.1. The highest BCUT2D eigenvalue weighted by molar-refractivity contribution is 5.94. The number of rotatable bonds is 5. The van der Waals surface area contributed by atoms with E-state index in [0.717, 1.165) is 38.3 Å². The van der Waals surface area contributed by atoms with Gasteiger partial charge in [-0.1, -0.05) is 6.92 Å². The molecule has 0 unspecified atom stereocenters. The lowest BCUT2D eigenvalue weighted by molar-refractivity contribution is -0.000282. The molecule has 0 radical (unpaired) electrons. The molecule has 150 valence electrons. The Morgan fingerprint density at radius 1 is 1.21 bits per heavy atom. The van der Waals surface area contributed by atoms with E-state index in [4.69, 9.17) is 0 Å². The lowest BCUT2D eigenvalue weighted by atomic mass is 9.98. The second-order valence-electron chi connectivity index (χ2n) is 7.90. The van der Waals surface area contributed by atoms with Gasteiger partial charge in [-0.25, -0.2) is 4.39 Å². The molecule has 0 saturated carbocycles. The number of aromatic nitrogens is 2. The summed E-state index contributed by atoms with van der Waals surface area (Å²) in [6, 6.07) is 8.95. The third kappa shape index (κ3) is 3.82. The highest BCUT2D eigenvalue weighted by Gasteiger charge is 2.38.